The second kappa shape index (κ2) is 3.47. The molecule has 0 saturated carbocycles. The molecule has 0 spiro atoms. The Morgan fingerprint density at radius 2 is 1.88 bits per heavy atom. The minimum atomic E-state index is 0.553. The van der Waals surface area contributed by atoms with Crippen LogP contribution in [0.2, 0.25) is 0 Å². The summed E-state index contributed by atoms with van der Waals surface area (Å²) < 4.78 is 0. The van der Waals surface area contributed by atoms with Gasteiger partial charge in [0, 0.05) is 20.3 Å². The van der Waals surface area contributed by atoms with Crippen LogP contribution in [0.1, 0.15) is 13.8 Å². The SMILES string of the molecule is CC(C)/C=N/N(C)C. The molecule has 0 saturated heterocycles. The van der Waals surface area contributed by atoms with Crippen molar-refractivity contribution in [3.8, 4) is 0 Å². The van der Waals surface area contributed by atoms with Gasteiger partial charge in [0.25, 0.3) is 0 Å². The van der Waals surface area contributed by atoms with Crippen LogP contribution in [0.15, 0.2) is 5.10 Å². The Morgan fingerprint density at radius 1 is 1.38 bits per heavy atom. The maximum atomic E-state index is 4.03. The summed E-state index contributed by atoms with van der Waals surface area (Å²) in [5, 5.41) is 5.82. The van der Waals surface area contributed by atoms with Crippen LogP contribution in [0, 0.1) is 5.92 Å². The molecule has 0 aromatic rings. The van der Waals surface area contributed by atoms with Gasteiger partial charge in [-0.15, -0.1) is 0 Å². The minimum absolute atomic E-state index is 0.553. The van der Waals surface area contributed by atoms with E-state index in [4.69, 9.17) is 0 Å². The third-order valence-electron chi connectivity index (χ3n) is 0.596. The topological polar surface area (TPSA) is 15.6 Å². The summed E-state index contributed by atoms with van der Waals surface area (Å²) in [5.74, 6) is 0.553. The van der Waals surface area contributed by atoms with Gasteiger partial charge >= 0.3 is 0 Å². The van der Waals surface area contributed by atoms with Crippen LogP contribution in [-0.4, -0.2) is 25.3 Å². The highest BCUT2D eigenvalue weighted by Gasteiger charge is 1.83. The van der Waals surface area contributed by atoms with E-state index in [2.05, 4.69) is 18.9 Å². The van der Waals surface area contributed by atoms with Crippen molar-refractivity contribution in [2.75, 3.05) is 14.1 Å². The van der Waals surface area contributed by atoms with E-state index >= 15 is 0 Å². The van der Waals surface area contributed by atoms with E-state index in [0.717, 1.165) is 0 Å². The molecule has 48 valence electrons. The van der Waals surface area contributed by atoms with Gasteiger partial charge in [0.2, 0.25) is 0 Å². The summed E-state index contributed by atoms with van der Waals surface area (Å²) in [7, 11) is 3.83. The predicted octanol–water partition coefficient (Wildman–Crippen LogP) is 1.19. The van der Waals surface area contributed by atoms with Crippen LogP contribution in [0.25, 0.3) is 0 Å². The molecule has 0 bridgehead atoms. The number of rotatable bonds is 2. The average Bonchev–Trinajstić information content (AvgIpc) is 1.61. The molecule has 0 amide bonds. The van der Waals surface area contributed by atoms with E-state index in [0.29, 0.717) is 5.92 Å². The number of hydrogen-bond acceptors (Lipinski definition) is 2. The van der Waals surface area contributed by atoms with E-state index in [1.165, 1.54) is 0 Å². The van der Waals surface area contributed by atoms with Crippen LogP contribution in [0.4, 0.5) is 0 Å². The molecule has 0 rings (SSSR count). The van der Waals surface area contributed by atoms with Crippen molar-refractivity contribution in [3.63, 3.8) is 0 Å². The van der Waals surface area contributed by atoms with Crippen molar-refractivity contribution in [1.29, 1.82) is 0 Å². The molecule has 0 N–H and O–H groups in total. The molecule has 0 unspecified atom stereocenters. The molecule has 2 heteroatoms. The average molecular weight is 114 g/mol. The van der Waals surface area contributed by atoms with Gasteiger partial charge < -0.3 is 5.01 Å². The highest BCUT2D eigenvalue weighted by molar-refractivity contribution is 5.58. The molecule has 2 nitrogen and oxygen atoms in total. The lowest BCUT2D eigenvalue weighted by atomic mass is 10.3. The van der Waals surface area contributed by atoms with E-state index in [1.54, 1.807) is 5.01 Å². The zero-order chi connectivity index (χ0) is 6.57. The Hall–Kier alpha value is -0.530. The van der Waals surface area contributed by atoms with Gasteiger partial charge in [-0.25, -0.2) is 0 Å². The van der Waals surface area contributed by atoms with Crippen LogP contribution >= 0.6 is 0 Å². The van der Waals surface area contributed by atoms with Gasteiger partial charge in [0.15, 0.2) is 0 Å². The molecule has 0 aliphatic rings. The van der Waals surface area contributed by atoms with E-state index in [1.807, 2.05) is 20.3 Å². The minimum Gasteiger partial charge on any atom is -0.303 e. The van der Waals surface area contributed by atoms with Crippen molar-refractivity contribution < 1.29 is 0 Å². The summed E-state index contributed by atoms with van der Waals surface area (Å²) in [6.07, 6.45) is 1.92. The fourth-order valence-electron chi connectivity index (χ4n) is 0.267. The Labute approximate surface area is 51.2 Å². The van der Waals surface area contributed by atoms with Gasteiger partial charge in [0.05, 0.1) is 0 Å². The smallest absolute Gasteiger partial charge is 0.0270 e. The summed E-state index contributed by atoms with van der Waals surface area (Å²) in [6, 6.07) is 0. The Morgan fingerprint density at radius 3 is 2.00 bits per heavy atom. The molecule has 0 heterocycles. The van der Waals surface area contributed by atoms with Crippen molar-refractivity contribution in [2.24, 2.45) is 11.0 Å². The maximum Gasteiger partial charge on any atom is 0.0270 e. The molecule has 0 aliphatic carbocycles. The largest absolute Gasteiger partial charge is 0.303 e. The Bertz CT molecular complexity index is 64.6. The monoisotopic (exact) mass is 114 g/mol. The molecular formula is C6H14N2. The fourth-order valence-corrected chi connectivity index (χ4v) is 0.267. The lowest BCUT2D eigenvalue weighted by Crippen LogP contribution is -2.03. The van der Waals surface area contributed by atoms with Crippen LogP contribution in [0.3, 0.4) is 0 Å². The molecule has 0 atom stereocenters. The summed E-state index contributed by atoms with van der Waals surface area (Å²) >= 11 is 0. The second-order valence-corrected chi connectivity index (χ2v) is 2.36. The number of hydrogen-bond donors (Lipinski definition) is 0. The Kier molecular flexibility index (Phi) is 3.24. The third kappa shape index (κ3) is 5.47. The highest BCUT2D eigenvalue weighted by atomic mass is 15.4. The highest BCUT2D eigenvalue weighted by Crippen LogP contribution is 1.85. The third-order valence-corrected chi connectivity index (χ3v) is 0.596. The van der Waals surface area contributed by atoms with Gasteiger partial charge in [0.1, 0.15) is 0 Å². The summed E-state index contributed by atoms with van der Waals surface area (Å²) in [4.78, 5) is 0. The van der Waals surface area contributed by atoms with Gasteiger partial charge in [-0.1, -0.05) is 13.8 Å². The standard InChI is InChI=1S/C6H14N2/c1-6(2)5-7-8(3)4/h5-6H,1-4H3/b7-5+. The van der Waals surface area contributed by atoms with E-state index < -0.39 is 0 Å². The number of hydrazone groups is 1. The second-order valence-electron chi connectivity index (χ2n) is 2.36. The van der Waals surface area contributed by atoms with Gasteiger partial charge in [-0.3, -0.25) is 0 Å². The summed E-state index contributed by atoms with van der Waals surface area (Å²) in [6.45, 7) is 4.21. The normalized spacial score (nSPS) is 11.1. The van der Waals surface area contributed by atoms with Gasteiger partial charge in [-0.05, 0) is 5.92 Å². The van der Waals surface area contributed by atoms with Crippen molar-refractivity contribution in [2.45, 2.75) is 13.8 Å². The zero-order valence-electron chi connectivity index (χ0n) is 6.05. The lowest BCUT2D eigenvalue weighted by molar-refractivity contribution is 0.437. The maximum absolute atomic E-state index is 4.03. The fraction of sp³-hybridized carbons (Fsp3) is 0.833. The molecule has 0 aromatic carbocycles. The van der Waals surface area contributed by atoms with Crippen LogP contribution < -0.4 is 0 Å². The molecular weight excluding hydrogens is 100 g/mol. The number of nitrogens with zero attached hydrogens (tertiary/aromatic N) is 2. The molecule has 0 aliphatic heterocycles. The van der Waals surface area contributed by atoms with Crippen molar-refractivity contribution in [1.82, 2.24) is 5.01 Å². The van der Waals surface area contributed by atoms with Crippen LogP contribution in [0.5, 0.6) is 0 Å². The first kappa shape index (κ1) is 7.47. The first-order chi connectivity index (χ1) is 3.63. The van der Waals surface area contributed by atoms with Crippen molar-refractivity contribution in [3.05, 3.63) is 0 Å². The van der Waals surface area contributed by atoms with E-state index in [-0.39, 0.29) is 0 Å². The van der Waals surface area contributed by atoms with Crippen molar-refractivity contribution >= 4 is 6.21 Å². The molecule has 8 heavy (non-hydrogen) atoms. The first-order valence-electron chi connectivity index (χ1n) is 2.84. The molecule has 0 fully saturated rings. The lowest BCUT2D eigenvalue weighted by Gasteiger charge is -2.02. The summed E-state index contributed by atoms with van der Waals surface area (Å²) in [5.41, 5.74) is 0. The molecule has 0 aromatic heterocycles. The quantitative estimate of drug-likeness (QED) is 0.389. The van der Waals surface area contributed by atoms with Gasteiger partial charge in [-0.2, -0.15) is 5.10 Å². The zero-order valence-corrected chi connectivity index (χ0v) is 6.05. The Balaban J connectivity index is 3.34. The molecule has 0 radical (unpaired) electrons. The van der Waals surface area contributed by atoms with E-state index in [9.17, 15) is 0 Å². The van der Waals surface area contributed by atoms with Crippen LogP contribution in [-0.2, 0) is 0 Å². The first-order valence-corrected chi connectivity index (χ1v) is 2.84. The predicted molar refractivity (Wildman–Crippen MR) is 37.0 cm³/mol.